The molecule has 25 heavy (non-hydrogen) atoms. The fourth-order valence-corrected chi connectivity index (χ4v) is 2.54. The van der Waals surface area contributed by atoms with Crippen molar-refractivity contribution in [3.8, 4) is 0 Å². The van der Waals surface area contributed by atoms with E-state index >= 15 is 0 Å². The predicted molar refractivity (Wildman–Crippen MR) is 91.6 cm³/mol. The Kier molecular flexibility index (Phi) is 4.74. The Balaban J connectivity index is 1.55. The number of para-hydroxylation sites is 1. The van der Waals surface area contributed by atoms with Crippen LogP contribution in [0, 0.1) is 13.8 Å². The summed E-state index contributed by atoms with van der Waals surface area (Å²) in [5, 5.41) is 4.79. The number of pyridine rings is 1. The number of carbonyl (C=O) groups is 2. The van der Waals surface area contributed by atoms with Gasteiger partial charge in [-0.15, -0.1) is 0 Å². The molecule has 0 aliphatic heterocycles. The fraction of sp³-hybridized carbons (Fsp3) is 0.222. The Morgan fingerprint density at radius 1 is 1.08 bits per heavy atom. The van der Waals surface area contributed by atoms with Crippen LogP contribution in [0.5, 0.6) is 0 Å². The van der Waals surface area contributed by atoms with Crippen LogP contribution in [0.15, 0.2) is 40.9 Å². The monoisotopic (exact) mass is 338 g/mol. The van der Waals surface area contributed by atoms with Crippen LogP contribution in [0.25, 0.3) is 10.9 Å². The van der Waals surface area contributed by atoms with Gasteiger partial charge >= 0.3 is 0 Å². The Morgan fingerprint density at radius 3 is 2.64 bits per heavy atom. The molecule has 0 unspecified atom stereocenters. The van der Waals surface area contributed by atoms with E-state index in [1.165, 1.54) is 0 Å². The van der Waals surface area contributed by atoms with Crippen molar-refractivity contribution in [3.05, 3.63) is 59.1 Å². The van der Waals surface area contributed by atoms with Gasteiger partial charge in [-0.05, 0) is 32.4 Å². The zero-order valence-electron chi connectivity index (χ0n) is 14.0. The molecule has 7 nitrogen and oxygen atoms in total. The number of amides is 2. The average Bonchev–Trinajstić information content (AvgIpc) is 2.95. The summed E-state index contributed by atoms with van der Waals surface area (Å²) in [6.07, 6.45) is 0.714. The fourth-order valence-electron chi connectivity index (χ4n) is 2.54. The molecule has 2 aromatic heterocycles. The molecule has 0 bridgehead atoms. The highest BCUT2D eigenvalue weighted by Crippen LogP contribution is 2.14. The van der Waals surface area contributed by atoms with Gasteiger partial charge in [0, 0.05) is 17.4 Å². The van der Waals surface area contributed by atoms with E-state index in [0.29, 0.717) is 12.2 Å². The lowest BCUT2D eigenvalue weighted by Crippen LogP contribution is -2.42. The van der Waals surface area contributed by atoms with Gasteiger partial charge in [-0.25, -0.2) is 4.98 Å². The van der Waals surface area contributed by atoms with Gasteiger partial charge in [0.2, 0.25) is 5.91 Å². The number of carbonyl (C=O) groups excluding carboxylic acids is 2. The Bertz CT molecular complexity index is 913. The molecule has 0 aliphatic carbocycles. The summed E-state index contributed by atoms with van der Waals surface area (Å²) in [5.74, 6) is -0.0553. The third-order valence-corrected chi connectivity index (χ3v) is 3.93. The second-order valence-corrected chi connectivity index (χ2v) is 5.69. The number of nitrogens with one attached hydrogen (secondary N) is 2. The van der Waals surface area contributed by atoms with E-state index < -0.39 is 5.91 Å². The SMILES string of the molecule is Cc1noc(C)c1CCC(=O)NNC(=O)c1ccc2ccccc2n1. The van der Waals surface area contributed by atoms with E-state index in [-0.39, 0.29) is 18.0 Å². The molecular formula is C18H18N4O3. The first-order chi connectivity index (χ1) is 12.0. The van der Waals surface area contributed by atoms with E-state index in [9.17, 15) is 9.59 Å². The van der Waals surface area contributed by atoms with Gasteiger partial charge in [-0.2, -0.15) is 0 Å². The van der Waals surface area contributed by atoms with Crippen molar-refractivity contribution < 1.29 is 14.1 Å². The summed E-state index contributed by atoms with van der Waals surface area (Å²) in [6.45, 7) is 3.64. The van der Waals surface area contributed by atoms with E-state index in [2.05, 4.69) is 21.0 Å². The highest BCUT2D eigenvalue weighted by molar-refractivity contribution is 5.95. The van der Waals surface area contributed by atoms with Crippen molar-refractivity contribution in [2.24, 2.45) is 0 Å². The second kappa shape index (κ2) is 7.12. The summed E-state index contributed by atoms with van der Waals surface area (Å²) in [5.41, 5.74) is 7.43. The normalized spacial score (nSPS) is 10.6. The van der Waals surface area contributed by atoms with Gasteiger partial charge in [-0.3, -0.25) is 20.4 Å². The number of aryl methyl sites for hydroxylation is 2. The number of hydrogen-bond donors (Lipinski definition) is 2. The molecule has 0 saturated carbocycles. The molecule has 1 aromatic carbocycles. The number of rotatable bonds is 4. The van der Waals surface area contributed by atoms with E-state index in [1.54, 1.807) is 13.0 Å². The number of aromatic nitrogens is 2. The molecular weight excluding hydrogens is 320 g/mol. The number of benzene rings is 1. The minimum absolute atomic E-state index is 0.217. The molecule has 0 saturated heterocycles. The summed E-state index contributed by atoms with van der Waals surface area (Å²) < 4.78 is 5.06. The van der Waals surface area contributed by atoms with Crippen molar-refractivity contribution >= 4 is 22.7 Å². The van der Waals surface area contributed by atoms with E-state index in [0.717, 1.165) is 22.2 Å². The lowest BCUT2D eigenvalue weighted by Gasteiger charge is -2.07. The highest BCUT2D eigenvalue weighted by Gasteiger charge is 2.13. The third-order valence-electron chi connectivity index (χ3n) is 3.93. The van der Waals surface area contributed by atoms with Crippen LogP contribution in [0.3, 0.4) is 0 Å². The average molecular weight is 338 g/mol. The molecule has 2 heterocycles. The molecule has 3 rings (SSSR count). The van der Waals surface area contributed by atoms with Crippen LogP contribution in [-0.2, 0) is 11.2 Å². The highest BCUT2D eigenvalue weighted by atomic mass is 16.5. The zero-order chi connectivity index (χ0) is 17.8. The van der Waals surface area contributed by atoms with Crippen molar-refractivity contribution in [2.75, 3.05) is 0 Å². The van der Waals surface area contributed by atoms with Gasteiger partial charge < -0.3 is 4.52 Å². The first kappa shape index (κ1) is 16.6. The maximum absolute atomic E-state index is 12.1. The van der Waals surface area contributed by atoms with Gasteiger partial charge in [-0.1, -0.05) is 29.4 Å². The quantitative estimate of drug-likeness (QED) is 0.711. The smallest absolute Gasteiger partial charge is 0.288 e. The van der Waals surface area contributed by atoms with Gasteiger partial charge in [0.1, 0.15) is 11.5 Å². The van der Waals surface area contributed by atoms with Gasteiger partial charge in [0.15, 0.2) is 0 Å². The van der Waals surface area contributed by atoms with Crippen molar-refractivity contribution in [2.45, 2.75) is 26.7 Å². The van der Waals surface area contributed by atoms with Crippen molar-refractivity contribution in [1.29, 1.82) is 0 Å². The molecule has 3 aromatic rings. The number of fused-ring (bicyclic) bond motifs is 1. The van der Waals surface area contributed by atoms with E-state index in [1.807, 2.05) is 37.3 Å². The molecule has 128 valence electrons. The molecule has 0 atom stereocenters. The van der Waals surface area contributed by atoms with E-state index in [4.69, 9.17) is 4.52 Å². The van der Waals surface area contributed by atoms with Crippen LogP contribution >= 0.6 is 0 Å². The minimum atomic E-state index is -0.462. The van der Waals surface area contributed by atoms with Crippen LogP contribution < -0.4 is 10.9 Å². The summed E-state index contributed by atoms with van der Waals surface area (Å²) in [7, 11) is 0. The summed E-state index contributed by atoms with van der Waals surface area (Å²) >= 11 is 0. The van der Waals surface area contributed by atoms with Crippen LogP contribution in [-0.4, -0.2) is 22.0 Å². The van der Waals surface area contributed by atoms with Crippen molar-refractivity contribution in [3.63, 3.8) is 0 Å². The number of hydrogen-bond acceptors (Lipinski definition) is 5. The standard InChI is InChI=1S/C18H18N4O3/c1-11-14(12(2)25-22-11)8-10-17(23)20-21-18(24)16-9-7-13-5-3-4-6-15(13)19-16/h3-7,9H,8,10H2,1-2H3,(H,20,23)(H,21,24). The topological polar surface area (TPSA) is 97.1 Å². The van der Waals surface area contributed by atoms with Gasteiger partial charge in [0.25, 0.3) is 5.91 Å². The Morgan fingerprint density at radius 2 is 1.88 bits per heavy atom. The number of hydrazine groups is 1. The maximum atomic E-state index is 12.1. The predicted octanol–water partition coefficient (Wildman–Crippen LogP) is 2.23. The minimum Gasteiger partial charge on any atom is -0.361 e. The molecule has 0 spiro atoms. The lowest BCUT2D eigenvalue weighted by molar-refractivity contribution is -0.121. The van der Waals surface area contributed by atoms with Crippen LogP contribution in [0.2, 0.25) is 0 Å². The zero-order valence-corrected chi connectivity index (χ0v) is 14.0. The molecule has 7 heteroatoms. The summed E-state index contributed by atoms with van der Waals surface area (Å²) in [4.78, 5) is 28.3. The Labute approximate surface area is 144 Å². The van der Waals surface area contributed by atoms with Crippen LogP contribution in [0.1, 0.15) is 33.9 Å². The largest absolute Gasteiger partial charge is 0.361 e. The second-order valence-electron chi connectivity index (χ2n) is 5.69. The lowest BCUT2D eigenvalue weighted by atomic mass is 10.1. The molecule has 0 radical (unpaired) electrons. The summed E-state index contributed by atoms with van der Waals surface area (Å²) in [6, 6.07) is 10.9. The van der Waals surface area contributed by atoms with Crippen molar-refractivity contribution in [1.82, 2.24) is 21.0 Å². The molecule has 2 amide bonds. The third kappa shape index (κ3) is 3.82. The first-order valence-corrected chi connectivity index (χ1v) is 7.91. The molecule has 0 aliphatic rings. The number of nitrogens with zero attached hydrogens (tertiary/aromatic N) is 2. The van der Waals surface area contributed by atoms with Crippen LogP contribution in [0.4, 0.5) is 0 Å². The molecule has 2 N–H and O–H groups in total. The Hall–Kier alpha value is -3.22. The first-order valence-electron chi connectivity index (χ1n) is 7.91. The van der Waals surface area contributed by atoms with Gasteiger partial charge in [0.05, 0.1) is 11.2 Å². The maximum Gasteiger partial charge on any atom is 0.288 e. The molecule has 0 fully saturated rings.